The van der Waals surface area contributed by atoms with E-state index in [9.17, 15) is 4.79 Å². The number of carbonyl (C=O) groups is 1. The second-order valence-corrected chi connectivity index (χ2v) is 6.35. The van der Waals surface area contributed by atoms with Crippen molar-refractivity contribution in [2.75, 3.05) is 20.1 Å². The number of hydrogen-bond donors (Lipinski definition) is 1. The van der Waals surface area contributed by atoms with Gasteiger partial charge in [-0.05, 0) is 50.0 Å². The minimum atomic E-state index is 0.308. The van der Waals surface area contributed by atoms with Gasteiger partial charge in [-0.3, -0.25) is 4.79 Å². The minimum absolute atomic E-state index is 0.308. The van der Waals surface area contributed by atoms with Crippen LogP contribution in [0.5, 0.6) is 0 Å². The summed E-state index contributed by atoms with van der Waals surface area (Å²) >= 11 is 0. The van der Waals surface area contributed by atoms with Crippen molar-refractivity contribution in [3.05, 3.63) is 0 Å². The molecule has 0 aromatic rings. The maximum Gasteiger partial charge on any atom is 0.222 e. The van der Waals surface area contributed by atoms with E-state index in [-0.39, 0.29) is 0 Å². The van der Waals surface area contributed by atoms with Crippen molar-refractivity contribution in [3.63, 3.8) is 0 Å². The fourth-order valence-electron chi connectivity index (χ4n) is 4.12. The molecular formula is C14H24N2O. The number of likely N-dealkylation sites (N-methyl/N-ethyl adjacent to an activating group) is 1. The summed E-state index contributed by atoms with van der Waals surface area (Å²) in [5.41, 5.74) is 0. The standard InChI is InChI=1S/C14H24N2O/c1-16-9-13(4-5-14(16)17)15-8-12-7-10-2-3-11(12)6-10/h10-13,15H,2-9H2,1H3. The van der Waals surface area contributed by atoms with Gasteiger partial charge in [-0.15, -0.1) is 0 Å². The van der Waals surface area contributed by atoms with Crippen molar-refractivity contribution in [3.8, 4) is 0 Å². The van der Waals surface area contributed by atoms with Gasteiger partial charge < -0.3 is 10.2 Å². The molecule has 3 fully saturated rings. The average molecular weight is 236 g/mol. The fraction of sp³-hybridized carbons (Fsp3) is 0.929. The summed E-state index contributed by atoms with van der Waals surface area (Å²) in [6.07, 6.45) is 7.67. The SMILES string of the molecule is CN1CC(NCC2CC3CCC2C3)CCC1=O. The van der Waals surface area contributed by atoms with Crippen molar-refractivity contribution in [1.29, 1.82) is 0 Å². The topological polar surface area (TPSA) is 32.3 Å². The summed E-state index contributed by atoms with van der Waals surface area (Å²) in [5, 5.41) is 3.71. The lowest BCUT2D eigenvalue weighted by molar-refractivity contribution is -0.132. The molecular weight excluding hydrogens is 212 g/mol. The molecule has 3 aliphatic rings. The number of carbonyl (C=O) groups excluding carboxylic acids is 1. The Morgan fingerprint density at radius 1 is 1.29 bits per heavy atom. The van der Waals surface area contributed by atoms with Gasteiger partial charge in [0.25, 0.3) is 0 Å². The molecule has 0 aromatic carbocycles. The van der Waals surface area contributed by atoms with Crippen LogP contribution in [-0.2, 0) is 4.79 Å². The Morgan fingerprint density at radius 3 is 2.82 bits per heavy atom. The van der Waals surface area contributed by atoms with E-state index in [0.717, 1.165) is 37.1 Å². The molecule has 1 heterocycles. The molecule has 0 spiro atoms. The molecule has 2 aliphatic carbocycles. The molecule has 1 N–H and O–H groups in total. The van der Waals surface area contributed by atoms with Crippen molar-refractivity contribution in [2.24, 2.45) is 17.8 Å². The summed E-state index contributed by atoms with van der Waals surface area (Å²) in [5.74, 6) is 3.29. The molecule has 0 radical (unpaired) electrons. The summed E-state index contributed by atoms with van der Waals surface area (Å²) < 4.78 is 0. The van der Waals surface area contributed by atoms with Gasteiger partial charge in [-0.2, -0.15) is 0 Å². The zero-order chi connectivity index (χ0) is 11.8. The molecule has 2 bridgehead atoms. The predicted octanol–water partition coefficient (Wildman–Crippen LogP) is 1.63. The fourth-order valence-corrected chi connectivity index (χ4v) is 4.12. The number of likely N-dealkylation sites (tertiary alicyclic amines) is 1. The van der Waals surface area contributed by atoms with Crippen LogP contribution in [0.4, 0.5) is 0 Å². The van der Waals surface area contributed by atoms with Crippen LogP contribution in [0.1, 0.15) is 38.5 Å². The van der Waals surface area contributed by atoms with Crippen LogP contribution in [0.25, 0.3) is 0 Å². The molecule has 0 aromatic heterocycles. The Hall–Kier alpha value is -0.570. The largest absolute Gasteiger partial charge is 0.344 e. The number of hydrogen-bond acceptors (Lipinski definition) is 2. The van der Waals surface area contributed by atoms with Gasteiger partial charge in [0, 0.05) is 26.1 Å². The van der Waals surface area contributed by atoms with Crippen LogP contribution in [0.15, 0.2) is 0 Å². The first-order valence-corrected chi connectivity index (χ1v) is 7.19. The van der Waals surface area contributed by atoms with Crippen molar-refractivity contribution in [1.82, 2.24) is 10.2 Å². The van der Waals surface area contributed by atoms with Crippen LogP contribution in [0.2, 0.25) is 0 Å². The van der Waals surface area contributed by atoms with Gasteiger partial charge in [0.15, 0.2) is 0 Å². The highest BCUT2D eigenvalue weighted by Gasteiger charge is 2.39. The molecule has 4 atom stereocenters. The lowest BCUT2D eigenvalue weighted by Crippen LogP contribution is -2.48. The third-order valence-electron chi connectivity index (χ3n) is 5.18. The Kier molecular flexibility index (Phi) is 3.12. The van der Waals surface area contributed by atoms with E-state index in [1.165, 1.54) is 32.2 Å². The lowest BCUT2D eigenvalue weighted by Gasteiger charge is -2.32. The second kappa shape index (κ2) is 4.60. The summed E-state index contributed by atoms with van der Waals surface area (Å²) in [4.78, 5) is 13.3. The van der Waals surface area contributed by atoms with Crippen molar-refractivity contribution in [2.45, 2.75) is 44.6 Å². The van der Waals surface area contributed by atoms with E-state index >= 15 is 0 Å². The number of amides is 1. The number of rotatable bonds is 3. The number of fused-ring (bicyclic) bond motifs is 2. The summed E-state index contributed by atoms with van der Waals surface area (Å²) in [6, 6.07) is 0.539. The lowest BCUT2D eigenvalue weighted by atomic mass is 9.88. The van der Waals surface area contributed by atoms with Gasteiger partial charge in [-0.1, -0.05) is 6.42 Å². The maximum absolute atomic E-state index is 11.4. The maximum atomic E-state index is 11.4. The first-order valence-electron chi connectivity index (χ1n) is 7.19. The Morgan fingerprint density at radius 2 is 2.18 bits per heavy atom. The number of nitrogens with one attached hydrogen (secondary N) is 1. The van der Waals surface area contributed by atoms with Crippen LogP contribution >= 0.6 is 0 Å². The van der Waals surface area contributed by atoms with E-state index in [2.05, 4.69) is 5.32 Å². The zero-order valence-corrected chi connectivity index (χ0v) is 10.8. The third-order valence-corrected chi connectivity index (χ3v) is 5.18. The molecule has 1 aliphatic heterocycles. The third kappa shape index (κ3) is 2.35. The van der Waals surface area contributed by atoms with Crippen LogP contribution < -0.4 is 5.32 Å². The molecule has 3 nitrogen and oxygen atoms in total. The van der Waals surface area contributed by atoms with Crippen LogP contribution in [-0.4, -0.2) is 37.0 Å². The normalized spacial score (nSPS) is 41.2. The van der Waals surface area contributed by atoms with Crippen molar-refractivity contribution < 1.29 is 4.79 Å². The summed E-state index contributed by atoms with van der Waals surface area (Å²) in [6.45, 7) is 2.09. The molecule has 96 valence electrons. The van der Waals surface area contributed by atoms with E-state index in [1.807, 2.05) is 11.9 Å². The highest BCUT2D eigenvalue weighted by atomic mass is 16.2. The zero-order valence-electron chi connectivity index (χ0n) is 10.8. The van der Waals surface area contributed by atoms with Crippen molar-refractivity contribution >= 4 is 5.91 Å². The molecule has 4 unspecified atom stereocenters. The second-order valence-electron chi connectivity index (χ2n) is 6.35. The highest BCUT2D eigenvalue weighted by molar-refractivity contribution is 5.76. The smallest absolute Gasteiger partial charge is 0.222 e. The van der Waals surface area contributed by atoms with E-state index < -0.39 is 0 Å². The molecule has 2 saturated carbocycles. The Balaban J connectivity index is 1.44. The van der Waals surface area contributed by atoms with E-state index in [4.69, 9.17) is 0 Å². The first kappa shape index (κ1) is 11.5. The monoisotopic (exact) mass is 236 g/mol. The van der Waals surface area contributed by atoms with E-state index in [0.29, 0.717) is 11.9 Å². The molecule has 3 heteroatoms. The highest BCUT2D eigenvalue weighted by Crippen LogP contribution is 2.47. The van der Waals surface area contributed by atoms with Gasteiger partial charge >= 0.3 is 0 Å². The predicted molar refractivity (Wildman–Crippen MR) is 67.6 cm³/mol. The molecule has 3 rings (SSSR count). The van der Waals surface area contributed by atoms with Gasteiger partial charge in [0.05, 0.1) is 0 Å². The molecule has 1 amide bonds. The summed E-state index contributed by atoms with van der Waals surface area (Å²) in [7, 11) is 1.92. The Bertz CT molecular complexity index is 305. The van der Waals surface area contributed by atoms with Crippen LogP contribution in [0, 0.1) is 17.8 Å². The minimum Gasteiger partial charge on any atom is -0.344 e. The van der Waals surface area contributed by atoms with Crippen LogP contribution in [0.3, 0.4) is 0 Å². The first-order chi connectivity index (χ1) is 8.22. The Labute approximate surface area is 104 Å². The molecule has 17 heavy (non-hydrogen) atoms. The number of nitrogens with zero attached hydrogens (tertiary/aromatic N) is 1. The van der Waals surface area contributed by atoms with E-state index in [1.54, 1.807) is 0 Å². The van der Waals surface area contributed by atoms with Gasteiger partial charge in [0.1, 0.15) is 0 Å². The quantitative estimate of drug-likeness (QED) is 0.808. The average Bonchev–Trinajstić information content (AvgIpc) is 2.92. The van der Waals surface area contributed by atoms with Gasteiger partial charge in [-0.25, -0.2) is 0 Å². The number of piperidine rings is 1. The van der Waals surface area contributed by atoms with Gasteiger partial charge in [0.2, 0.25) is 5.91 Å². The molecule has 1 saturated heterocycles.